The lowest BCUT2D eigenvalue weighted by Crippen LogP contribution is -2.46. The number of hydrogen-bond donors (Lipinski definition) is 0. The van der Waals surface area contributed by atoms with Gasteiger partial charge in [0.05, 0.1) is 5.02 Å². The molecule has 1 aliphatic heterocycles. The Morgan fingerprint density at radius 2 is 2.00 bits per heavy atom. The molecule has 1 aliphatic rings. The second-order valence-electron chi connectivity index (χ2n) is 9.69. The van der Waals surface area contributed by atoms with Gasteiger partial charge in [-0.15, -0.1) is 0 Å². The second kappa shape index (κ2) is 9.45. The number of nitrogens with zero attached hydrogens (tertiary/aromatic N) is 1. The van der Waals surface area contributed by atoms with Gasteiger partial charge in [0.1, 0.15) is 17.8 Å². The summed E-state index contributed by atoms with van der Waals surface area (Å²) in [6.07, 6.45) is 0.956. The highest BCUT2D eigenvalue weighted by molar-refractivity contribution is 6.35. The molecule has 0 bridgehead atoms. The Kier molecular flexibility index (Phi) is 6.76. The van der Waals surface area contributed by atoms with Gasteiger partial charge in [0, 0.05) is 35.2 Å². The Bertz CT molecular complexity index is 1200. The number of carbonyl (C=O) groups is 1. The summed E-state index contributed by atoms with van der Waals surface area (Å²) in [7, 11) is 0. The van der Waals surface area contributed by atoms with Gasteiger partial charge in [0.25, 0.3) is 6.01 Å². The molecular formula is C26H28ClF2NO4. The standard InChI is InChI=1S/C26H28ClF2NO4/c1-15-12-16(10-11-30(15)25(31)34-26(2,3)4)18-6-5-7-21(28)24(18)32-14-17-8-9-20(27)19-13-22(29)33-23(17)19/h5-9,13,15-16H,10-12,14H2,1-4H3/t15-,16?/m0/s1. The molecule has 8 heteroatoms. The molecule has 0 saturated carbocycles. The van der Waals surface area contributed by atoms with E-state index in [0.29, 0.717) is 35.4 Å². The third kappa shape index (κ3) is 5.14. The fraction of sp³-hybridized carbons (Fsp3) is 0.423. The van der Waals surface area contributed by atoms with Crippen LogP contribution in [0.3, 0.4) is 0 Å². The quantitative estimate of drug-likeness (QED) is 0.380. The number of rotatable bonds is 4. The summed E-state index contributed by atoms with van der Waals surface area (Å²) in [6, 6.07) is 8.56. The maximum Gasteiger partial charge on any atom is 0.410 e. The summed E-state index contributed by atoms with van der Waals surface area (Å²) in [4.78, 5) is 14.3. The minimum absolute atomic E-state index is 0.00526. The third-order valence-corrected chi connectivity index (χ3v) is 6.32. The molecule has 5 nitrogen and oxygen atoms in total. The van der Waals surface area contributed by atoms with Gasteiger partial charge in [0.15, 0.2) is 11.6 Å². The van der Waals surface area contributed by atoms with Crippen molar-refractivity contribution in [2.45, 2.75) is 64.7 Å². The lowest BCUT2D eigenvalue weighted by molar-refractivity contribution is 0.0103. The first-order valence-electron chi connectivity index (χ1n) is 11.3. The summed E-state index contributed by atoms with van der Waals surface area (Å²) in [5.74, 6) is -0.318. The fourth-order valence-corrected chi connectivity index (χ4v) is 4.63. The molecule has 0 radical (unpaired) electrons. The van der Waals surface area contributed by atoms with Crippen molar-refractivity contribution in [1.82, 2.24) is 4.90 Å². The zero-order valence-corrected chi connectivity index (χ0v) is 20.4. The number of piperidine rings is 1. The monoisotopic (exact) mass is 491 g/mol. The van der Waals surface area contributed by atoms with Crippen molar-refractivity contribution in [3.8, 4) is 5.75 Å². The molecule has 2 heterocycles. The number of carbonyl (C=O) groups excluding carboxylic acids is 1. The van der Waals surface area contributed by atoms with Crippen molar-refractivity contribution >= 4 is 28.7 Å². The third-order valence-electron chi connectivity index (χ3n) is 6.00. The van der Waals surface area contributed by atoms with Crippen LogP contribution in [0.25, 0.3) is 11.0 Å². The number of ether oxygens (including phenoxy) is 2. The van der Waals surface area contributed by atoms with Gasteiger partial charge in [-0.3, -0.25) is 0 Å². The lowest BCUT2D eigenvalue weighted by Gasteiger charge is -2.38. The SMILES string of the molecule is C[C@H]1CC(c2cccc(F)c2OCc2ccc(Cl)c3cc(F)oc23)CCN1C(=O)OC(C)(C)C. The molecule has 34 heavy (non-hydrogen) atoms. The van der Waals surface area contributed by atoms with E-state index < -0.39 is 17.4 Å². The van der Waals surface area contributed by atoms with Gasteiger partial charge in [-0.25, -0.2) is 9.18 Å². The van der Waals surface area contributed by atoms with E-state index in [4.69, 9.17) is 25.5 Å². The Morgan fingerprint density at radius 3 is 2.71 bits per heavy atom. The number of likely N-dealkylation sites (tertiary alicyclic amines) is 1. The molecule has 4 rings (SSSR count). The highest BCUT2D eigenvalue weighted by Gasteiger charge is 2.34. The van der Waals surface area contributed by atoms with Crippen LogP contribution in [0.4, 0.5) is 13.6 Å². The van der Waals surface area contributed by atoms with Crippen LogP contribution in [0.1, 0.15) is 57.6 Å². The van der Waals surface area contributed by atoms with Gasteiger partial charge < -0.3 is 18.8 Å². The van der Waals surface area contributed by atoms with Crippen molar-refractivity contribution in [2.24, 2.45) is 0 Å². The van der Waals surface area contributed by atoms with E-state index in [0.717, 1.165) is 5.56 Å². The number of halogens is 3. The van der Waals surface area contributed by atoms with E-state index >= 15 is 0 Å². The fourth-order valence-electron chi connectivity index (χ4n) is 4.43. The maximum atomic E-state index is 14.9. The molecular weight excluding hydrogens is 464 g/mol. The first-order chi connectivity index (χ1) is 16.0. The number of amides is 1. The number of para-hydroxylation sites is 1. The second-order valence-corrected chi connectivity index (χ2v) is 10.1. The Balaban J connectivity index is 1.52. The maximum absolute atomic E-state index is 14.9. The molecule has 0 N–H and O–H groups in total. The average molecular weight is 492 g/mol. The van der Waals surface area contributed by atoms with E-state index in [1.165, 1.54) is 12.1 Å². The highest BCUT2D eigenvalue weighted by atomic mass is 35.5. The number of furan rings is 1. The van der Waals surface area contributed by atoms with Crippen LogP contribution < -0.4 is 4.74 Å². The van der Waals surface area contributed by atoms with Gasteiger partial charge in [-0.05, 0) is 58.6 Å². The van der Waals surface area contributed by atoms with Crippen LogP contribution in [-0.4, -0.2) is 29.2 Å². The average Bonchev–Trinajstić information content (AvgIpc) is 3.15. The van der Waals surface area contributed by atoms with Gasteiger partial charge in [0.2, 0.25) is 0 Å². The summed E-state index contributed by atoms with van der Waals surface area (Å²) >= 11 is 6.13. The summed E-state index contributed by atoms with van der Waals surface area (Å²) < 4.78 is 45.1. The summed E-state index contributed by atoms with van der Waals surface area (Å²) in [6.45, 7) is 7.96. The Labute approximate surface area is 202 Å². The zero-order valence-electron chi connectivity index (χ0n) is 19.7. The predicted molar refractivity (Wildman–Crippen MR) is 126 cm³/mol. The first kappa shape index (κ1) is 24.3. The predicted octanol–water partition coefficient (Wildman–Crippen LogP) is 7.45. The molecule has 3 aromatic rings. The molecule has 2 aromatic carbocycles. The molecule has 182 valence electrons. The van der Waals surface area contributed by atoms with E-state index in [1.54, 1.807) is 23.1 Å². The van der Waals surface area contributed by atoms with E-state index in [2.05, 4.69) is 0 Å². The van der Waals surface area contributed by atoms with Crippen LogP contribution in [0.15, 0.2) is 40.8 Å². The van der Waals surface area contributed by atoms with Crippen LogP contribution >= 0.6 is 11.6 Å². The molecule has 2 atom stereocenters. The van der Waals surface area contributed by atoms with Crippen molar-refractivity contribution in [3.05, 3.63) is 64.4 Å². The van der Waals surface area contributed by atoms with Crippen LogP contribution in [0.5, 0.6) is 5.75 Å². The molecule has 1 saturated heterocycles. The van der Waals surface area contributed by atoms with Crippen LogP contribution in [0.2, 0.25) is 5.02 Å². The molecule has 1 amide bonds. The van der Waals surface area contributed by atoms with Gasteiger partial charge >= 0.3 is 6.09 Å². The molecule has 0 spiro atoms. The molecule has 0 aliphatic carbocycles. The minimum atomic E-state index is -0.748. The van der Waals surface area contributed by atoms with Crippen LogP contribution in [-0.2, 0) is 11.3 Å². The van der Waals surface area contributed by atoms with Crippen molar-refractivity contribution < 1.29 is 27.5 Å². The van der Waals surface area contributed by atoms with E-state index in [9.17, 15) is 13.6 Å². The van der Waals surface area contributed by atoms with Gasteiger partial charge in [-0.1, -0.05) is 29.8 Å². The normalized spacial score (nSPS) is 18.9. The number of fused-ring (bicyclic) bond motifs is 1. The van der Waals surface area contributed by atoms with E-state index in [-0.39, 0.29) is 36.0 Å². The molecule has 1 unspecified atom stereocenters. The summed E-state index contributed by atoms with van der Waals surface area (Å²) in [5, 5.41) is 0.807. The first-order valence-corrected chi connectivity index (χ1v) is 11.7. The van der Waals surface area contributed by atoms with Crippen molar-refractivity contribution in [1.29, 1.82) is 0 Å². The lowest BCUT2D eigenvalue weighted by atomic mass is 9.85. The smallest absolute Gasteiger partial charge is 0.410 e. The zero-order chi connectivity index (χ0) is 24.6. The molecule has 1 aromatic heterocycles. The van der Waals surface area contributed by atoms with E-state index in [1.807, 2.05) is 33.8 Å². The Morgan fingerprint density at radius 1 is 1.24 bits per heavy atom. The topological polar surface area (TPSA) is 51.9 Å². The Hall–Kier alpha value is -2.80. The highest BCUT2D eigenvalue weighted by Crippen LogP contribution is 2.39. The van der Waals surface area contributed by atoms with Gasteiger partial charge in [-0.2, -0.15) is 4.39 Å². The summed E-state index contributed by atoms with van der Waals surface area (Å²) in [5.41, 5.74) is 1.01. The number of hydrogen-bond acceptors (Lipinski definition) is 4. The number of benzene rings is 2. The largest absolute Gasteiger partial charge is 0.485 e. The minimum Gasteiger partial charge on any atom is -0.485 e. The van der Waals surface area contributed by atoms with Crippen molar-refractivity contribution in [3.63, 3.8) is 0 Å². The van der Waals surface area contributed by atoms with Crippen molar-refractivity contribution in [2.75, 3.05) is 6.54 Å². The molecule has 1 fully saturated rings. The van der Waals surface area contributed by atoms with Crippen LogP contribution in [0, 0.1) is 11.8 Å².